The molecule has 4 rings (SSSR count). The maximum absolute atomic E-state index is 13.4. The van der Waals surface area contributed by atoms with Crippen molar-refractivity contribution < 1.29 is 13.2 Å². The third-order valence-electron chi connectivity index (χ3n) is 6.15. The first-order chi connectivity index (χ1) is 16.8. The largest absolute Gasteiger partial charge is 0.348 e. The van der Waals surface area contributed by atoms with Crippen molar-refractivity contribution in [3.63, 3.8) is 0 Å². The molecule has 0 fully saturated rings. The Morgan fingerprint density at radius 1 is 0.914 bits per heavy atom. The van der Waals surface area contributed by atoms with Crippen LogP contribution in [0.2, 0.25) is 0 Å². The summed E-state index contributed by atoms with van der Waals surface area (Å²) in [6, 6.07) is 26.9. The number of fused-ring (bicyclic) bond motifs is 1. The summed E-state index contributed by atoms with van der Waals surface area (Å²) in [7, 11) is -0.561. The number of carbonyl (C=O) groups excluding carboxylic acids is 1. The van der Waals surface area contributed by atoms with Gasteiger partial charge in [0.15, 0.2) is 0 Å². The van der Waals surface area contributed by atoms with Gasteiger partial charge in [0.25, 0.3) is 5.91 Å². The summed E-state index contributed by atoms with van der Waals surface area (Å²) in [6.07, 6.45) is 1.70. The molecule has 4 aromatic rings. The SMILES string of the molecule is C[C@@H](CCc1ccccc1)NC(=O)c1cc2cc(S(=O)(=O)N(C)C)ccc2n1Cc1ccccc1. The molecule has 0 saturated carbocycles. The average Bonchev–Trinajstić information content (AvgIpc) is 3.21. The van der Waals surface area contributed by atoms with Gasteiger partial charge in [-0.1, -0.05) is 60.7 Å². The van der Waals surface area contributed by atoms with Crippen LogP contribution in [0.4, 0.5) is 0 Å². The summed E-state index contributed by atoms with van der Waals surface area (Å²) in [5.41, 5.74) is 3.62. The Kier molecular flexibility index (Phi) is 7.38. The van der Waals surface area contributed by atoms with Crippen LogP contribution in [0.3, 0.4) is 0 Å². The molecule has 0 saturated heterocycles. The van der Waals surface area contributed by atoms with Gasteiger partial charge in [0.05, 0.1) is 4.90 Å². The second-order valence-electron chi connectivity index (χ2n) is 9.01. The smallest absolute Gasteiger partial charge is 0.268 e. The molecule has 1 N–H and O–H groups in total. The maximum Gasteiger partial charge on any atom is 0.268 e. The second-order valence-corrected chi connectivity index (χ2v) is 11.2. The van der Waals surface area contributed by atoms with E-state index in [1.54, 1.807) is 24.3 Å². The number of sulfonamides is 1. The summed E-state index contributed by atoms with van der Waals surface area (Å²) >= 11 is 0. The Morgan fingerprint density at radius 3 is 2.17 bits per heavy atom. The lowest BCUT2D eigenvalue weighted by Crippen LogP contribution is -2.34. The molecular weight excluding hydrogens is 458 g/mol. The number of hydrogen-bond donors (Lipinski definition) is 1. The lowest BCUT2D eigenvalue weighted by molar-refractivity contribution is 0.0930. The minimum Gasteiger partial charge on any atom is -0.348 e. The monoisotopic (exact) mass is 489 g/mol. The van der Waals surface area contributed by atoms with Crippen LogP contribution in [0.15, 0.2) is 89.8 Å². The molecule has 0 unspecified atom stereocenters. The van der Waals surface area contributed by atoms with Gasteiger partial charge < -0.3 is 9.88 Å². The van der Waals surface area contributed by atoms with Crippen molar-refractivity contribution in [2.75, 3.05) is 14.1 Å². The number of nitrogens with zero attached hydrogens (tertiary/aromatic N) is 2. The highest BCUT2D eigenvalue weighted by molar-refractivity contribution is 7.89. The Bertz CT molecular complexity index is 1410. The van der Waals surface area contributed by atoms with Crippen molar-refractivity contribution in [3.05, 3.63) is 102 Å². The van der Waals surface area contributed by atoms with Crippen molar-refractivity contribution in [1.29, 1.82) is 0 Å². The molecule has 35 heavy (non-hydrogen) atoms. The fourth-order valence-corrected chi connectivity index (χ4v) is 5.08. The predicted molar refractivity (Wildman–Crippen MR) is 140 cm³/mol. The van der Waals surface area contributed by atoms with E-state index in [2.05, 4.69) is 17.4 Å². The summed E-state index contributed by atoms with van der Waals surface area (Å²) in [5, 5.41) is 3.84. The molecule has 6 nitrogen and oxygen atoms in total. The standard InChI is InChI=1S/C28H31N3O3S/c1-21(14-15-22-10-6-4-7-11-22)29-28(32)27-19-24-18-25(35(33,34)30(2)3)16-17-26(24)31(27)20-23-12-8-5-9-13-23/h4-13,16-19,21H,14-15,20H2,1-3H3,(H,29,32)/t21-/m0/s1. The van der Waals surface area contributed by atoms with E-state index in [0.29, 0.717) is 17.6 Å². The Morgan fingerprint density at radius 2 is 1.54 bits per heavy atom. The molecule has 0 aliphatic rings. The first kappa shape index (κ1) is 24.7. The fraction of sp³-hybridized carbons (Fsp3) is 0.250. The zero-order chi connectivity index (χ0) is 25.0. The van der Waals surface area contributed by atoms with Gasteiger partial charge in [-0.25, -0.2) is 12.7 Å². The van der Waals surface area contributed by atoms with Crippen molar-refractivity contribution in [2.24, 2.45) is 0 Å². The minimum absolute atomic E-state index is 0.0180. The van der Waals surface area contributed by atoms with E-state index in [1.165, 1.54) is 24.0 Å². The normalized spacial score (nSPS) is 12.7. The molecule has 0 aliphatic heterocycles. The number of benzene rings is 3. The maximum atomic E-state index is 13.4. The van der Waals surface area contributed by atoms with Gasteiger partial charge in [0.2, 0.25) is 10.0 Å². The van der Waals surface area contributed by atoms with Gasteiger partial charge in [-0.05, 0) is 55.2 Å². The number of carbonyl (C=O) groups is 1. The average molecular weight is 490 g/mol. The van der Waals surface area contributed by atoms with Gasteiger partial charge in [-0.15, -0.1) is 0 Å². The number of aryl methyl sites for hydroxylation is 1. The highest BCUT2D eigenvalue weighted by Crippen LogP contribution is 2.26. The highest BCUT2D eigenvalue weighted by atomic mass is 32.2. The molecule has 1 aromatic heterocycles. The van der Waals surface area contributed by atoms with E-state index in [1.807, 2.05) is 60.0 Å². The van der Waals surface area contributed by atoms with Gasteiger partial charge in [-0.2, -0.15) is 0 Å². The Hall–Kier alpha value is -3.42. The molecule has 1 heterocycles. The van der Waals surface area contributed by atoms with Crippen molar-refractivity contribution in [3.8, 4) is 0 Å². The molecule has 182 valence electrons. The summed E-state index contributed by atoms with van der Waals surface area (Å²) in [5.74, 6) is -0.172. The van der Waals surface area contributed by atoms with E-state index in [9.17, 15) is 13.2 Å². The van der Waals surface area contributed by atoms with Crippen molar-refractivity contribution in [2.45, 2.75) is 37.2 Å². The van der Waals surface area contributed by atoms with E-state index < -0.39 is 10.0 Å². The number of rotatable bonds is 9. The van der Waals surface area contributed by atoms with Gasteiger partial charge in [0, 0.05) is 37.6 Å². The van der Waals surface area contributed by atoms with Crippen LogP contribution in [0.25, 0.3) is 10.9 Å². The van der Waals surface area contributed by atoms with Crippen molar-refractivity contribution >= 4 is 26.8 Å². The molecule has 3 aromatic carbocycles. The Balaban J connectivity index is 1.64. The van der Waals surface area contributed by atoms with E-state index in [-0.39, 0.29) is 16.8 Å². The minimum atomic E-state index is -3.58. The summed E-state index contributed by atoms with van der Waals surface area (Å²) in [4.78, 5) is 13.6. The van der Waals surface area contributed by atoms with E-state index in [4.69, 9.17) is 0 Å². The van der Waals surface area contributed by atoms with Crippen LogP contribution in [-0.2, 0) is 23.0 Å². The van der Waals surface area contributed by atoms with Crippen LogP contribution < -0.4 is 5.32 Å². The molecule has 7 heteroatoms. The number of aromatic nitrogens is 1. The molecule has 0 radical (unpaired) electrons. The topological polar surface area (TPSA) is 71.4 Å². The van der Waals surface area contributed by atoms with Crippen LogP contribution in [0.5, 0.6) is 0 Å². The number of nitrogens with one attached hydrogen (secondary N) is 1. The van der Waals surface area contributed by atoms with E-state index in [0.717, 1.165) is 23.9 Å². The molecule has 1 atom stereocenters. The lowest BCUT2D eigenvalue weighted by Gasteiger charge is -2.16. The quantitative estimate of drug-likeness (QED) is 0.371. The Labute approximate surface area is 207 Å². The third kappa shape index (κ3) is 5.63. The molecule has 0 bridgehead atoms. The highest BCUT2D eigenvalue weighted by Gasteiger charge is 2.21. The van der Waals surface area contributed by atoms with Crippen LogP contribution in [0, 0.1) is 0 Å². The summed E-state index contributed by atoms with van der Waals surface area (Å²) in [6.45, 7) is 2.51. The third-order valence-corrected chi connectivity index (χ3v) is 7.96. The molecular formula is C28H31N3O3S. The lowest BCUT2D eigenvalue weighted by atomic mass is 10.1. The zero-order valence-corrected chi connectivity index (χ0v) is 21.1. The van der Waals surface area contributed by atoms with E-state index >= 15 is 0 Å². The molecule has 0 spiro atoms. The van der Waals surface area contributed by atoms with Gasteiger partial charge >= 0.3 is 0 Å². The number of hydrogen-bond acceptors (Lipinski definition) is 3. The zero-order valence-electron chi connectivity index (χ0n) is 20.3. The molecule has 1 amide bonds. The fourth-order valence-electron chi connectivity index (χ4n) is 4.14. The van der Waals surface area contributed by atoms with Crippen molar-refractivity contribution in [1.82, 2.24) is 14.2 Å². The van der Waals surface area contributed by atoms with Crippen LogP contribution in [-0.4, -0.2) is 43.3 Å². The second kappa shape index (κ2) is 10.5. The van der Waals surface area contributed by atoms with Gasteiger partial charge in [0.1, 0.15) is 5.69 Å². The first-order valence-electron chi connectivity index (χ1n) is 11.7. The first-order valence-corrected chi connectivity index (χ1v) is 13.1. The van der Waals surface area contributed by atoms with Crippen LogP contribution >= 0.6 is 0 Å². The van der Waals surface area contributed by atoms with Crippen LogP contribution in [0.1, 0.15) is 35.0 Å². The summed E-state index contributed by atoms with van der Waals surface area (Å²) < 4.78 is 28.5. The number of amides is 1. The molecule has 0 aliphatic carbocycles. The van der Waals surface area contributed by atoms with Gasteiger partial charge in [-0.3, -0.25) is 4.79 Å². The predicted octanol–water partition coefficient (Wildman–Crippen LogP) is 4.69.